The van der Waals surface area contributed by atoms with Gasteiger partial charge in [0.05, 0.1) is 0 Å². The second-order valence-electron chi connectivity index (χ2n) is 2.10. The molecule has 10 heavy (non-hydrogen) atoms. The van der Waals surface area contributed by atoms with Gasteiger partial charge in [-0.15, -0.1) is 0 Å². The fourth-order valence-electron chi connectivity index (χ4n) is 0.815. The number of hydrogen-bond acceptors (Lipinski definition) is 1. The molecule has 0 saturated carbocycles. The number of hydrogen-bond donors (Lipinski definition) is 0. The quantitative estimate of drug-likeness (QED) is 0.502. The second kappa shape index (κ2) is 3.07. The van der Waals surface area contributed by atoms with E-state index in [-0.39, 0.29) is 0 Å². The monoisotopic (exact) mass is 128 g/mol. The molecule has 0 unspecified atom stereocenters. The summed E-state index contributed by atoms with van der Waals surface area (Å²) in [5.74, 6) is 2.08. The minimum Gasteiger partial charge on any atom is -0.213 e. The van der Waals surface area contributed by atoms with E-state index < -0.39 is 0 Å². The first-order chi connectivity index (χ1) is 4.84. The lowest BCUT2D eigenvalue weighted by Gasteiger charge is -1.95. The van der Waals surface area contributed by atoms with Gasteiger partial charge in [-0.2, -0.15) is 0 Å². The van der Waals surface area contributed by atoms with E-state index in [0.29, 0.717) is 7.28 Å². The molecule has 0 aliphatic carbocycles. The first-order valence-corrected chi connectivity index (χ1v) is 3.11. The molecule has 0 heterocycles. The largest absolute Gasteiger partial charge is 0.283 e. The molecule has 1 aromatic rings. The van der Waals surface area contributed by atoms with Crippen molar-refractivity contribution >= 4 is 12.7 Å². The van der Waals surface area contributed by atoms with Gasteiger partial charge in [0, 0.05) is 5.97 Å². The second-order valence-corrected chi connectivity index (χ2v) is 2.10. The highest BCUT2D eigenvalue weighted by atomic mass is 14.2. The number of rotatable bonds is 1. The van der Waals surface area contributed by atoms with E-state index in [4.69, 9.17) is 5.26 Å². The van der Waals surface area contributed by atoms with Crippen LogP contribution in [0.2, 0.25) is 0 Å². The van der Waals surface area contributed by atoms with Crippen molar-refractivity contribution in [2.24, 2.45) is 0 Å². The molecule has 0 bridgehead atoms. The van der Waals surface area contributed by atoms with Crippen molar-refractivity contribution < 1.29 is 0 Å². The molecule has 0 aliphatic heterocycles. The summed E-state index contributed by atoms with van der Waals surface area (Å²) in [6.45, 7) is 3.79. The Hall–Kier alpha value is -1.23. The lowest BCUT2D eigenvalue weighted by atomic mass is 9.70. The van der Waals surface area contributed by atoms with Crippen LogP contribution in [0.15, 0.2) is 24.3 Å². The minimum atomic E-state index is 0.458. The molecule has 0 N–H and O–H groups in total. The Bertz CT molecular complexity index is 262. The van der Waals surface area contributed by atoms with Gasteiger partial charge in [-0.25, -0.2) is 5.26 Å². The molecule has 1 rings (SSSR count). The van der Waals surface area contributed by atoms with E-state index in [1.807, 2.05) is 24.3 Å². The lowest BCUT2D eigenvalue weighted by molar-refractivity contribution is 1.56. The van der Waals surface area contributed by atoms with Crippen LogP contribution >= 0.6 is 0 Å². The topological polar surface area (TPSA) is 23.8 Å². The Labute approximate surface area is 61.5 Å². The van der Waals surface area contributed by atoms with Gasteiger partial charge in [-0.05, 0) is 6.92 Å². The molecule has 1 radical (unpaired) electrons. The van der Waals surface area contributed by atoms with Gasteiger partial charge in [-0.3, -0.25) is 0 Å². The summed E-state index contributed by atoms with van der Waals surface area (Å²) in [6, 6.07) is 7.67. The summed E-state index contributed by atoms with van der Waals surface area (Å²) in [7, 11) is 0.458. The van der Waals surface area contributed by atoms with E-state index in [2.05, 4.69) is 12.9 Å². The van der Waals surface area contributed by atoms with Crippen molar-refractivity contribution in [1.29, 1.82) is 5.26 Å². The Morgan fingerprint density at radius 3 is 2.70 bits per heavy atom. The van der Waals surface area contributed by atoms with Gasteiger partial charge in [-0.1, -0.05) is 35.3 Å². The Morgan fingerprint density at radius 2 is 2.10 bits per heavy atom. The molecule has 0 fully saturated rings. The zero-order valence-electron chi connectivity index (χ0n) is 5.67. The van der Waals surface area contributed by atoms with Crippen molar-refractivity contribution in [3.05, 3.63) is 36.8 Å². The van der Waals surface area contributed by atoms with Crippen molar-refractivity contribution in [2.45, 2.75) is 0 Å². The SMILES string of the molecule is [CH2]c1ccccc1BC#N. The average Bonchev–Trinajstić information content (AvgIpc) is 1.94. The molecule has 47 valence electrons. The smallest absolute Gasteiger partial charge is 0.213 e. The maximum absolute atomic E-state index is 8.37. The van der Waals surface area contributed by atoms with Crippen LogP contribution in [-0.2, 0) is 0 Å². The number of nitrogens with zero attached hydrogens (tertiary/aromatic N) is 1. The van der Waals surface area contributed by atoms with Crippen molar-refractivity contribution in [3.8, 4) is 5.97 Å². The summed E-state index contributed by atoms with van der Waals surface area (Å²) in [4.78, 5) is 0. The van der Waals surface area contributed by atoms with Gasteiger partial charge in [0.2, 0.25) is 0 Å². The third-order valence-electron chi connectivity index (χ3n) is 1.39. The highest BCUT2D eigenvalue weighted by Gasteiger charge is 1.95. The van der Waals surface area contributed by atoms with Crippen LogP contribution in [0.3, 0.4) is 0 Å². The molecular formula is C8H7BN. The zero-order valence-corrected chi connectivity index (χ0v) is 5.67. The van der Waals surface area contributed by atoms with Crippen molar-refractivity contribution in [1.82, 2.24) is 0 Å². The number of benzene rings is 1. The molecular weight excluding hydrogens is 121 g/mol. The highest BCUT2D eigenvalue weighted by Crippen LogP contribution is 1.90. The Morgan fingerprint density at radius 1 is 1.40 bits per heavy atom. The summed E-state index contributed by atoms with van der Waals surface area (Å²) < 4.78 is 0. The summed E-state index contributed by atoms with van der Waals surface area (Å²) >= 11 is 0. The molecule has 1 aromatic carbocycles. The molecule has 0 amide bonds. The number of nitriles is 1. The molecule has 2 heteroatoms. The minimum absolute atomic E-state index is 0.458. The summed E-state index contributed by atoms with van der Waals surface area (Å²) in [6.07, 6.45) is 0. The zero-order chi connectivity index (χ0) is 7.40. The van der Waals surface area contributed by atoms with Crippen molar-refractivity contribution in [3.63, 3.8) is 0 Å². The Balaban J connectivity index is 2.94. The maximum Gasteiger partial charge on any atom is 0.283 e. The van der Waals surface area contributed by atoms with Crippen molar-refractivity contribution in [2.75, 3.05) is 0 Å². The fraction of sp³-hybridized carbons (Fsp3) is 0. The van der Waals surface area contributed by atoms with E-state index in [1.165, 1.54) is 0 Å². The average molecular weight is 128 g/mol. The van der Waals surface area contributed by atoms with Crippen LogP contribution in [0.1, 0.15) is 5.56 Å². The highest BCUT2D eigenvalue weighted by molar-refractivity contribution is 6.61. The standard InChI is InChI=1S/C8H7BN/c1-7-4-2-3-5-8(7)9-6-10/h2-5,9H,1H2. The van der Waals surface area contributed by atoms with E-state index >= 15 is 0 Å². The normalized spacial score (nSPS) is 8.40. The molecule has 0 atom stereocenters. The molecule has 0 aromatic heterocycles. The Kier molecular flexibility index (Phi) is 2.12. The van der Waals surface area contributed by atoms with E-state index in [1.54, 1.807) is 0 Å². The van der Waals surface area contributed by atoms with Gasteiger partial charge in [0.15, 0.2) is 0 Å². The summed E-state index contributed by atoms with van der Waals surface area (Å²) in [5.41, 5.74) is 1.97. The van der Waals surface area contributed by atoms with Crippen LogP contribution in [0.4, 0.5) is 0 Å². The van der Waals surface area contributed by atoms with Gasteiger partial charge < -0.3 is 0 Å². The van der Waals surface area contributed by atoms with Crippen LogP contribution in [0.25, 0.3) is 0 Å². The van der Waals surface area contributed by atoms with Gasteiger partial charge in [0.25, 0.3) is 7.28 Å². The van der Waals surface area contributed by atoms with Crippen LogP contribution in [-0.4, -0.2) is 7.28 Å². The van der Waals surface area contributed by atoms with E-state index in [0.717, 1.165) is 11.0 Å². The van der Waals surface area contributed by atoms with Gasteiger partial charge in [0.1, 0.15) is 0 Å². The van der Waals surface area contributed by atoms with Crippen LogP contribution in [0, 0.1) is 18.2 Å². The van der Waals surface area contributed by atoms with Crippen LogP contribution in [0.5, 0.6) is 0 Å². The third kappa shape index (κ3) is 1.38. The first kappa shape index (κ1) is 6.89. The molecule has 1 nitrogen and oxygen atoms in total. The fourth-order valence-corrected chi connectivity index (χ4v) is 0.815. The molecule has 0 aliphatic rings. The summed E-state index contributed by atoms with van der Waals surface area (Å²) in [5, 5.41) is 8.37. The lowest BCUT2D eigenvalue weighted by Crippen LogP contribution is -2.14. The maximum atomic E-state index is 8.37. The molecule has 0 spiro atoms. The van der Waals surface area contributed by atoms with Crippen LogP contribution < -0.4 is 5.46 Å². The van der Waals surface area contributed by atoms with Gasteiger partial charge >= 0.3 is 0 Å². The predicted octanol–water partition coefficient (Wildman–Crippen LogP) is 0.412. The molecule has 0 saturated heterocycles. The predicted molar refractivity (Wildman–Crippen MR) is 43.3 cm³/mol. The van der Waals surface area contributed by atoms with E-state index in [9.17, 15) is 0 Å². The third-order valence-corrected chi connectivity index (χ3v) is 1.39. The first-order valence-electron chi connectivity index (χ1n) is 3.11.